The Morgan fingerprint density at radius 3 is 2.71 bits per heavy atom. The molecule has 1 saturated heterocycles. The van der Waals surface area contributed by atoms with Gasteiger partial charge in [-0.1, -0.05) is 6.92 Å². The standard InChI is InChI=1S/C12H24N2O3/c1-10(9-13)8-12(16)14-4-2-11(3-5-14)17-7-6-15/h10-11,15H,2-9,13H2,1H3. The average molecular weight is 244 g/mol. The van der Waals surface area contributed by atoms with Gasteiger partial charge in [0.15, 0.2) is 0 Å². The number of nitrogens with two attached hydrogens (primary N) is 1. The molecule has 0 radical (unpaired) electrons. The molecule has 17 heavy (non-hydrogen) atoms. The van der Waals surface area contributed by atoms with E-state index in [1.54, 1.807) is 0 Å². The van der Waals surface area contributed by atoms with E-state index in [1.807, 2.05) is 11.8 Å². The van der Waals surface area contributed by atoms with Crippen LogP contribution in [0.25, 0.3) is 0 Å². The van der Waals surface area contributed by atoms with Crippen molar-refractivity contribution in [2.45, 2.75) is 32.3 Å². The van der Waals surface area contributed by atoms with Crippen molar-refractivity contribution in [3.8, 4) is 0 Å². The first-order valence-electron chi connectivity index (χ1n) is 6.37. The number of amides is 1. The molecule has 0 aliphatic carbocycles. The number of piperidine rings is 1. The Balaban J connectivity index is 2.24. The van der Waals surface area contributed by atoms with Crippen LogP contribution in [-0.2, 0) is 9.53 Å². The minimum Gasteiger partial charge on any atom is -0.394 e. The van der Waals surface area contributed by atoms with Crippen LogP contribution in [0.5, 0.6) is 0 Å². The largest absolute Gasteiger partial charge is 0.394 e. The Kier molecular flexibility index (Phi) is 6.47. The van der Waals surface area contributed by atoms with Crippen molar-refractivity contribution in [1.82, 2.24) is 4.90 Å². The van der Waals surface area contributed by atoms with E-state index in [2.05, 4.69) is 0 Å². The molecule has 1 aliphatic rings. The molecule has 5 heteroatoms. The number of likely N-dealkylation sites (tertiary alicyclic amines) is 1. The van der Waals surface area contributed by atoms with Gasteiger partial charge in [0.05, 0.1) is 19.3 Å². The van der Waals surface area contributed by atoms with Gasteiger partial charge >= 0.3 is 0 Å². The van der Waals surface area contributed by atoms with Gasteiger partial charge in [0.25, 0.3) is 0 Å². The van der Waals surface area contributed by atoms with Crippen LogP contribution in [0.1, 0.15) is 26.2 Å². The summed E-state index contributed by atoms with van der Waals surface area (Å²) in [6, 6.07) is 0. The zero-order valence-electron chi connectivity index (χ0n) is 10.6. The van der Waals surface area contributed by atoms with Crippen molar-refractivity contribution in [2.75, 3.05) is 32.8 Å². The predicted molar refractivity (Wildman–Crippen MR) is 65.5 cm³/mol. The zero-order chi connectivity index (χ0) is 12.7. The van der Waals surface area contributed by atoms with Crippen molar-refractivity contribution < 1.29 is 14.6 Å². The molecule has 0 spiro atoms. The molecule has 1 atom stereocenters. The topological polar surface area (TPSA) is 75.8 Å². The highest BCUT2D eigenvalue weighted by molar-refractivity contribution is 5.76. The van der Waals surface area contributed by atoms with Gasteiger partial charge in [0.2, 0.25) is 5.91 Å². The quantitative estimate of drug-likeness (QED) is 0.688. The molecular formula is C12H24N2O3. The molecule has 100 valence electrons. The van der Waals surface area contributed by atoms with Gasteiger partial charge < -0.3 is 20.5 Å². The molecule has 1 fully saturated rings. The number of ether oxygens (including phenoxy) is 1. The fourth-order valence-corrected chi connectivity index (χ4v) is 2.00. The van der Waals surface area contributed by atoms with Crippen LogP contribution in [0.3, 0.4) is 0 Å². The molecule has 3 N–H and O–H groups in total. The van der Waals surface area contributed by atoms with Crippen LogP contribution in [0, 0.1) is 5.92 Å². The summed E-state index contributed by atoms with van der Waals surface area (Å²) in [5.41, 5.74) is 5.51. The van der Waals surface area contributed by atoms with Crippen LogP contribution in [-0.4, -0.2) is 54.9 Å². The Morgan fingerprint density at radius 1 is 1.53 bits per heavy atom. The first-order valence-corrected chi connectivity index (χ1v) is 6.37. The van der Waals surface area contributed by atoms with Crippen LogP contribution in [0.2, 0.25) is 0 Å². The summed E-state index contributed by atoms with van der Waals surface area (Å²) in [6.45, 7) is 4.52. The van der Waals surface area contributed by atoms with E-state index in [9.17, 15) is 4.79 Å². The third-order valence-electron chi connectivity index (χ3n) is 3.16. The van der Waals surface area contributed by atoms with Crippen LogP contribution in [0.4, 0.5) is 0 Å². The van der Waals surface area contributed by atoms with Crippen molar-refractivity contribution in [3.05, 3.63) is 0 Å². The maximum absolute atomic E-state index is 11.9. The normalized spacial score (nSPS) is 19.4. The number of hydrogen-bond donors (Lipinski definition) is 2. The minimum absolute atomic E-state index is 0.0627. The summed E-state index contributed by atoms with van der Waals surface area (Å²) >= 11 is 0. The van der Waals surface area contributed by atoms with Gasteiger partial charge in [-0.05, 0) is 25.3 Å². The number of aliphatic hydroxyl groups excluding tert-OH is 1. The monoisotopic (exact) mass is 244 g/mol. The van der Waals surface area contributed by atoms with E-state index in [4.69, 9.17) is 15.6 Å². The number of rotatable bonds is 6. The molecule has 1 amide bonds. The number of carbonyl (C=O) groups excluding carboxylic acids is 1. The number of aliphatic hydroxyl groups is 1. The highest BCUT2D eigenvalue weighted by atomic mass is 16.5. The van der Waals surface area contributed by atoms with E-state index in [0.717, 1.165) is 25.9 Å². The molecule has 0 aromatic rings. The van der Waals surface area contributed by atoms with Crippen LogP contribution in [0.15, 0.2) is 0 Å². The lowest BCUT2D eigenvalue weighted by molar-refractivity contribution is -0.134. The number of carbonyl (C=O) groups is 1. The molecule has 1 rings (SSSR count). The average Bonchev–Trinajstić information content (AvgIpc) is 2.36. The summed E-state index contributed by atoms with van der Waals surface area (Å²) < 4.78 is 5.45. The Morgan fingerprint density at radius 2 is 2.18 bits per heavy atom. The molecule has 5 nitrogen and oxygen atoms in total. The SMILES string of the molecule is CC(CN)CC(=O)N1CCC(OCCO)CC1. The fraction of sp³-hybridized carbons (Fsp3) is 0.917. The van der Waals surface area contributed by atoms with Gasteiger partial charge in [-0.3, -0.25) is 4.79 Å². The van der Waals surface area contributed by atoms with E-state index in [0.29, 0.717) is 19.6 Å². The first-order chi connectivity index (χ1) is 8.17. The predicted octanol–water partition coefficient (Wildman–Crippen LogP) is -0.0288. The van der Waals surface area contributed by atoms with E-state index >= 15 is 0 Å². The van der Waals surface area contributed by atoms with Crippen molar-refractivity contribution in [3.63, 3.8) is 0 Å². The lowest BCUT2D eigenvalue weighted by Crippen LogP contribution is -2.41. The number of nitrogens with zero attached hydrogens (tertiary/aromatic N) is 1. The third-order valence-corrected chi connectivity index (χ3v) is 3.16. The Labute approximate surface area is 103 Å². The molecule has 0 aromatic heterocycles. The van der Waals surface area contributed by atoms with E-state index < -0.39 is 0 Å². The van der Waals surface area contributed by atoms with Crippen LogP contribution < -0.4 is 5.73 Å². The second-order valence-corrected chi connectivity index (χ2v) is 4.72. The Hall–Kier alpha value is -0.650. The van der Waals surface area contributed by atoms with Crippen molar-refractivity contribution >= 4 is 5.91 Å². The summed E-state index contributed by atoms with van der Waals surface area (Å²) in [5.74, 6) is 0.453. The van der Waals surface area contributed by atoms with Crippen LogP contribution >= 0.6 is 0 Å². The highest BCUT2D eigenvalue weighted by Crippen LogP contribution is 2.15. The minimum atomic E-state index is 0.0627. The lowest BCUT2D eigenvalue weighted by atomic mass is 10.0. The van der Waals surface area contributed by atoms with Crippen molar-refractivity contribution in [2.24, 2.45) is 11.7 Å². The lowest BCUT2D eigenvalue weighted by Gasteiger charge is -2.32. The maximum atomic E-state index is 11.9. The molecule has 0 saturated carbocycles. The summed E-state index contributed by atoms with van der Waals surface area (Å²) in [6.07, 6.45) is 2.46. The maximum Gasteiger partial charge on any atom is 0.222 e. The fourth-order valence-electron chi connectivity index (χ4n) is 2.00. The van der Waals surface area contributed by atoms with Gasteiger partial charge in [-0.15, -0.1) is 0 Å². The summed E-state index contributed by atoms with van der Waals surface area (Å²) in [4.78, 5) is 13.8. The van der Waals surface area contributed by atoms with E-state index in [-0.39, 0.29) is 24.5 Å². The molecule has 0 bridgehead atoms. The summed E-state index contributed by atoms with van der Waals surface area (Å²) in [7, 11) is 0. The number of hydrogen-bond acceptors (Lipinski definition) is 4. The van der Waals surface area contributed by atoms with E-state index in [1.165, 1.54) is 0 Å². The highest BCUT2D eigenvalue weighted by Gasteiger charge is 2.23. The van der Waals surface area contributed by atoms with Gasteiger partial charge in [-0.25, -0.2) is 0 Å². The summed E-state index contributed by atoms with van der Waals surface area (Å²) in [5, 5.41) is 8.66. The molecule has 1 heterocycles. The molecule has 1 aliphatic heterocycles. The first kappa shape index (κ1) is 14.4. The smallest absolute Gasteiger partial charge is 0.222 e. The van der Waals surface area contributed by atoms with Crippen molar-refractivity contribution in [1.29, 1.82) is 0 Å². The Bertz CT molecular complexity index is 228. The molecule has 1 unspecified atom stereocenters. The third kappa shape index (κ3) is 5.02. The zero-order valence-corrected chi connectivity index (χ0v) is 10.6. The van der Waals surface area contributed by atoms with Gasteiger partial charge in [-0.2, -0.15) is 0 Å². The second kappa shape index (κ2) is 7.63. The van der Waals surface area contributed by atoms with Gasteiger partial charge in [0.1, 0.15) is 0 Å². The molecule has 0 aromatic carbocycles. The van der Waals surface area contributed by atoms with Gasteiger partial charge in [0, 0.05) is 19.5 Å². The molecular weight excluding hydrogens is 220 g/mol. The second-order valence-electron chi connectivity index (χ2n) is 4.72.